The monoisotopic (exact) mass is 280 g/mol. The molecular weight excluding hydrogens is 260 g/mol. The second kappa shape index (κ2) is 5.64. The summed E-state index contributed by atoms with van der Waals surface area (Å²) in [5.74, 6) is -0.473. The molecule has 1 aromatic rings. The van der Waals surface area contributed by atoms with Crippen molar-refractivity contribution < 1.29 is 19.2 Å². The second-order valence-electron chi connectivity index (χ2n) is 5.51. The Labute approximate surface area is 117 Å². The lowest BCUT2D eigenvalue weighted by Gasteiger charge is -2.18. The van der Waals surface area contributed by atoms with Crippen LogP contribution < -0.4 is 0 Å². The quantitative estimate of drug-likeness (QED) is 0.907. The lowest BCUT2D eigenvalue weighted by atomic mass is 9.95. The van der Waals surface area contributed by atoms with Crippen LogP contribution in [0.2, 0.25) is 0 Å². The minimum Gasteiger partial charge on any atom is -0.481 e. The lowest BCUT2D eigenvalue weighted by Crippen LogP contribution is -2.30. The van der Waals surface area contributed by atoms with Crippen molar-refractivity contribution in [1.29, 1.82) is 0 Å². The number of rotatable bonds is 4. The summed E-state index contributed by atoms with van der Waals surface area (Å²) in [6, 6.07) is 0. The maximum atomic E-state index is 12.2. The van der Waals surface area contributed by atoms with Crippen LogP contribution in [-0.2, 0) is 9.59 Å². The first-order valence-corrected chi connectivity index (χ1v) is 6.83. The number of hydrogen-bond acceptors (Lipinski definition) is 4. The van der Waals surface area contributed by atoms with Crippen LogP contribution in [0.25, 0.3) is 0 Å². The molecule has 2 atom stereocenters. The van der Waals surface area contributed by atoms with Crippen LogP contribution in [-0.4, -0.2) is 40.1 Å². The molecule has 20 heavy (non-hydrogen) atoms. The van der Waals surface area contributed by atoms with Crippen molar-refractivity contribution in [3.05, 3.63) is 17.0 Å². The normalized spacial score (nSPS) is 20.1. The Morgan fingerprint density at radius 2 is 2.20 bits per heavy atom. The van der Waals surface area contributed by atoms with Gasteiger partial charge in [0, 0.05) is 25.1 Å². The van der Waals surface area contributed by atoms with E-state index in [1.165, 1.54) is 0 Å². The average molecular weight is 280 g/mol. The number of carboxylic acid groups (broad SMARTS) is 1. The minimum absolute atomic E-state index is 0.00116. The number of amides is 1. The average Bonchev–Trinajstić information content (AvgIpc) is 2.96. The molecule has 1 aliphatic rings. The van der Waals surface area contributed by atoms with Crippen LogP contribution in [0.15, 0.2) is 4.52 Å². The molecule has 0 spiro atoms. The third-order valence-electron chi connectivity index (χ3n) is 3.95. The molecule has 2 heterocycles. The van der Waals surface area contributed by atoms with Gasteiger partial charge in [-0.05, 0) is 26.2 Å². The van der Waals surface area contributed by atoms with E-state index < -0.39 is 11.9 Å². The van der Waals surface area contributed by atoms with Crippen molar-refractivity contribution >= 4 is 11.9 Å². The molecule has 0 aromatic carbocycles. The van der Waals surface area contributed by atoms with Crippen LogP contribution in [0, 0.1) is 19.8 Å². The van der Waals surface area contributed by atoms with Gasteiger partial charge in [-0.3, -0.25) is 9.59 Å². The van der Waals surface area contributed by atoms with Gasteiger partial charge in [0.05, 0.1) is 11.6 Å². The fourth-order valence-corrected chi connectivity index (χ4v) is 2.88. The van der Waals surface area contributed by atoms with Crippen molar-refractivity contribution in [2.45, 2.75) is 39.5 Å². The van der Waals surface area contributed by atoms with Gasteiger partial charge < -0.3 is 14.5 Å². The molecule has 0 aliphatic carbocycles. The molecule has 6 heteroatoms. The molecule has 1 amide bonds. The number of hydrogen-bond donors (Lipinski definition) is 1. The van der Waals surface area contributed by atoms with Gasteiger partial charge in [0.1, 0.15) is 5.76 Å². The third kappa shape index (κ3) is 2.84. The molecule has 1 aliphatic heterocycles. The summed E-state index contributed by atoms with van der Waals surface area (Å²) in [4.78, 5) is 24.8. The van der Waals surface area contributed by atoms with Gasteiger partial charge in [0.15, 0.2) is 0 Å². The Morgan fingerprint density at radius 3 is 2.70 bits per heavy atom. The molecule has 1 saturated heterocycles. The highest BCUT2D eigenvalue weighted by molar-refractivity contribution is 5.79. The van der Waals surface area contributed by atoms with Crippen LogP contribution >= 0.6 is 0 Å². The molecular formula is C14H20N2O4. The maximum absolute atomic E-state index is 12.2. The van der Waals surface area contributed by atoms with Crippen molar-refractivity contribution in [3.8, 4) is 0 Å². The predicted molar refractivity (Wildman–Crippen MR) is 71.3 cm³/mol. The maximum Gasteiger partial charge on any atom is 0.308 e. The highest BCUT2D eigenvalue weighted by atomic mass is 16.5. The van der Waals surface area contributed by atoms with Crippen LogP contribution in [0.4, 0.5) is 0 Å². The summed E-state index contributed by atoms with van der Waals surface area (Å²) in [6.07, 6.45) is 0.899. The Morgan fingerprint density at radius 1 is 1.50 bits per heavy atom. The van der Waals surface area contributed by atoms with Gasteiger partial charge in [-0.15, -0.1) is 0 Å². The second-order valence-corrected chi connectivity index (χ2v) is 5.51. The fourth-order valence-electron chi connectivity index (χ4n) is 2.88. The molecule has 1 fully saturated rings. The van der Waals surface area contributed by atoms with Crippen molar-refractivity contribution in [3.63, 3.8) is 0 Å². The topological polar surface area (TPSA) is 83.6 Å². The summed E-state index contributed by atoms with van der Waals surface area (Å²) >= 11 is 0. The molecule has 6 nitrogen and oxygen atoms in total. The van der Waals surface area contributed by atoms with E-state index in [4.69, 9.17) is 9.63 Å². The van der Waals surface area contributed by atoms with E-state index in [-0.39, 0.29) is 11.8 Å². The SMILES string of the molecule is Cc1noc(C)c1C(C)CC(=O)N1CCC(C(=O)O)C1. The summed E-state index contributed by atoms with van der Waals surface area (Å²) in [6.45, 7) is 6.53. The van der Waals surface area contributed by atoms with Crippen LogP contribution in [0.3, 0.4) is 0 Å². The number of nitrogens with zero attached hydrogens (tertiary/aromatic N) is 2. The highest BCUT2D eigenvalue weighted by Gasteiger charge is 2.31. The molecule has 2 rings (SSSR count). The highest BCUT2D eigenvalue weighted by Crippen LogP contribution is 2.27. The third-order valence-corrected chi connectivity index (χ3v) is 3.95. The van der Waals surface area contributed by atoms with Gasteiger partial charge in [-0.25, -0.2) is 0 Å². The molecule has 0 bridgehead atoms. The number of aliphatic carboxylic acids is 1. The molecule has 1 aromatic heterocycles. The van der Waals surface area contributed by atoms with E-state index in [0.717, 1.165) is 17.0 Å². The summed E-state index contributed by atoms with van der Waals surface area (Å²) in [5.41, 5.74) is 1.79. The molecule has 110 valence electrons. The summed E-state index contributed by atoms with van der Waals surface area (Å²) in [5, 5.41) is 12.9. The Kier molecular flexibility index (Phi) is 4.11. The smallest absolute Gasteiger partial charge is 0.308 e. The van der Waals surface area contributed by atoms with Gasteiger partial charge >= 0.3 is 5.97 Å². The van der Waals surface area contributed by atoms with E-state index in [2.05, 4.69) is 5.16 Å². The molecule has 2 unspecified atom stereocenters. The van der Waals surface area contributed by atoms with Crippen LogP contribution in [0.1, 0.15) is 42.7 Å². The van der Waals surface area contributed by atoms with Gasteiger partial charge in [0.2, 0.25) is 5.91 Å². The zero-order valence-electron chi connectivity index (χ0n) is 12.0. The van der Waals surface area contributed by atoms with E-state index in [9.17, 15) is 9.59 Å². The standard InChI is InChI=1S/C14H20N2O4/c1-8(13-9(2)15-20-10(13)3)6-12(17)16-5-4-11(7-16)14(18)19/h8,11H,4-7H2,1-3H3,(H,18,19). The van der Waals surface area contributed by atoms with E-state index in [0.29, 0.717) is 25.9 Å². The first-order chi connectivity index (χ1) is 9.40. The Balaban J connectivity index is 1.97. The lowest BCUT2D eigenvalue weighted by molar-refractivity contribution is -0.141. The first-order valence-electron chi connectivity index (χ1n) is 6.83. The zero-order valence-corrected chi connectivity index (χ0v) is 12.0. The van der Waals surface area contributed by atoms with E-state index >= 15 is 0 Å². The van der Waals surface area contributed by atoms with Crippen molar-refractivity contribution in [1.82, 2.24) is 10.1 Å². The van der Waals surface area contributed by atoms with Crippen LogP contribution in [0.5, 0.6) is 0 Å². The number of aromatic nitrogens is 1. The van der Waals surface area contributed by atoms with Crippen molar-refractivity contribution in [2.75, 3.05) is 13.1 Å². The minimum atomic E-state index is -0.820. The molecule has 0 saturated carbocycles. The van der Waals surface area contributed by atoms with Gasteiger partial charge in [0.25, 0.3) is 0 Å². The number of carbonyl (C=O) groups excluding carboxylic acids is 1. The number of carboxylic acids is 1. The van der Waals surface area contributed by atoms with Gasteiger partial charge in [-0.2, -0.15) is 0 Å². The van der Waals surface area contributed by atoms with E-state index in [1.807, 2.05) is 20.8 Å². The van der Waals surface area contributed by atoms with E-state index in [1.54, 1.807) is 4.90 Å². The summed E-state index contributed by atoms with van der Waals surface area (Å²) < 4.78 is 5.12. The predicted octanol–water partition coefficient (Wildman–Crippen LogP) is 1.72. The number of aryl methyl sites for hydroxylation is 2. The largest absolute Gasteiger partial charge is 0.481 e. The Hall–Kier alpha value is -1.85. The first kappa shape index (κ1) is 14.6. The summed E-state index contributed by atoms with van der Waals surface area (Å²) in [7, 11) is 0. The number of likely N-dealkylation sites (tertiary alicyclic amines) is 1. The molecule has 0 radical (unpaired) electrons. The zero-order chi connectivity index (χ0) is 14.9. The van der Waals surface area contributed by atoms with Gasteiger partial charge in [-0.1, -0.05) is 12.1 Å². The molecule has 1 N–H and O–H groups in total. The number of carbonyl (C=O) groups is 2. The Bertz CT molecular complexity index is 504. The van der Waals surface area contributed by atoms with Crippen molar-refractivity contribution in [2.24, 2.45) is 5.92 Å². The fraction of sp³-hybridized carbons (Fsp3) is 0.643.